The molecule has 2 aromatic carbocycles. The highest BCUT2D eigenvalue weighted by Crippen LogP contribution is 2.24. The number of benzene rings is 2. The van der Waals surface area contributed by atoms with Gasteiger partial charge in [0.05, 0.1) is 17.6 Å². The van der Waals surface area contributed by atoms with Crippen LogP contribution in [0.3, 0.4) is 0 Å². The molecule has 5 nitrogen and oxygen atoms in total. The number of halogens is 3. The van der Waals surface area contributed by atoms with Crippen LogP contribution < -0.4 is 9.62 Å². The molecule has 0 aromatic heterocycles. The molecule has 0 bridgehead atoms. The normalized spacial score (nSPS) is 12.5. The standard InChI is InChI=1S/C16H15ClF2N2O3S/c1-10(16(22)20-15-8-5-12(18)9-14(15)19)21(25(2,23)24)13-6-3-11(17)4-7-13/h3-10H,1-2H3,(H,20,22)/t10-/m0/s1. The average molecular weight is 389 g/mol. The second kappa shape index (κ2) is 7.37. The van der Waals surface area contributed by atoms with Crippen molar-refractivity contribution in [2.45, 2.75) is 13.0 Å². The maximum atomic E-state index is 13.7. The Labute approximate surface area is 149 Å². The van der Waals surface area contributed by atoms with Gasteiger partial charge in [0.25, 0.3) is 0 Å². The molecule has 0 aliphatic rings. The van der Waals surface area contributed by atoms with Crippen LogP contribution in [0.4, 0.5) is 20.2 Å². The molecule has 2 rings (SSSR count). The number of hydrogen-bond acceptors (Lipinski definition) is 3. The number of carbonyl (C=O) groups is 1. The van der Waals surface area contributed by atoms with Gasteiger partial charge in [-0.2, -0.15) is 0 Å². The third kappa shape index (κ3) is 4.67. The topological polar surface area (TPSA) is 66.5 Å². The van der Waals surface area contributed by atoms with Crippen LogP contribution >= 0.6 is 11.6 Å². The fourth-order valence-corrected chi connectivity index (χ4v) is 3.53. The number of carbonyl (C=O) groups excluding carboxylic acids is 1. The van der Waals surface area contributed by atoms with E-state index in [0.717, 1.165) is 22.7 Å². The zero-order chi connectivity index (χ0) is 18.8. The molecule has 0 saturated heterocycles. The zero-order valence-electron chi connectivity index (χ0n) is 13.3. The summed E-state index contributed by atoms with van der Waals surface area (Å²) in [7, 11) is -3.81. The Morgan fingerprint density at radius 2 is 1.76 bits per heavy atom. The van der Waals surface area contributed by atoms with Gasteiger partial charge in [-0.15, -0.1) is 0 Å². The molecule has 9 heteroatoms. The number of rotatable bonds is 5. The summed E-state index contributed by atoms with van der Waals surface area (Å²) in [6.45, 7) is 1.35. The Balaban J connectivity index is 2.31. The number of amides is 1. The van der Waals surface area contributed by atoms with Gasteiger partial charge in [-0.05, 0) is 43.3 Å². The van der Waals surface area contributed by atoms with E-state index in [1.807, 2.05) is 0 Å². The minimum absolute atomic E-state index is 0.231. The highest BCUT2D eigenvalue weighted by molar-refractivity contribution is 7.92. The first-order chi connectivity index (χ1) is 11.6. The van der Waals surface area contributed by atoms with Gasteiger partial charge in [0, 0.05) is 11.1 Å². The first-order valence-electron chi connectivity index (χ1n) is 7.10. The summed E-state index contributed by atoms with van der Waals surface area (Å²) in [4.78, 5) is 12.4. The first kappa shape index (κ1) is 19.1. The Bertz CT molecular complexity index is 889. The third-order valence-corrected chi connectivity index (χ3v) is 4.85. The van der Waals surface area contributed by atoms with Gasteiger partial charge >= 0.3 is 0 Å². The van der Waals surface area contributed by atoms with Crippen LogP contribution in [-0.2, 0) is 14.8 Å². The molecule has 1 amide bonds. The lowest BCUT2D eigenvalue weighted by Crippen LogP contribution is -2.45. The van der Waals surface area contributed by atoms with Crippen molar-refractivity contribution in [1.82, 2.24) is 0 Å². The summed E-state index contributed by atoms with van der Waals surface area (Å²) in [6, 6.07) is 7.35. The molecule has 2 aromatic rings. The highest BCUT2D eigenvalue weighted by atomic mass is 35.5. The zero-order valence-corrected chi connectivity index (χ0v) is 14.9. The maximum absolute atomic E-state index is 13.7. The predicted molar refractivity (Wildman–Crippen MR) is 93.2 cm³/mol. The minimum Gasteiger partial charge on any atom is -0.322 e. The van der Waals surface area contributed by atoms with E-state index in [4.69, 9.17) is 11.6 Å². The number of nitrogens with one attached hydrogen (secondary N) is 1. The molecule has 0 unspecified atom stereocenters. The van der Waals surface area contributed by atoms with Crippen LogP contribution in [0.5, 0.6) is 0 Å². The molecule has 0 spiro atoms. The van der Waals surface area contributed by atoms with Gasteiger partial charge in [0.15, 0.2) is 0 Å². The van der Waals surface area contributed by atoms with E-state index in [0.29, 0.717) is 11.1 Å². The fraction of sp³-hybridized carbons (Fsp3) is 0.188. The van der Waals surface area contributed by atoms with Gasteiger partial charge in [0.1, 0.15) is 17.7 Å². The molecule has 0 aliphatic heterocycles. The van der Waals surface area contributed by atoms with Crippen LogP contribution in [-0.4, -0.2) is 26.6 Å². The largest absolute Gasteiger partial charge is 0.322 e. The lowest BCUT2D eigenvalue weighted by Gasteiger charge is -2.28. The first-order valence-corrected chi connectivity index (χ1v) is 9.33. The van der Waals surface area contributed by atoms with Crippen LogP contribution in [0.25, 0.3) is 0 Å². The van der Waals surface area contributed by atoms with E-state index < -0.39 is 33.6 Å². The van der Waals surface area contributed by atoms with Gasteiger partial charge in [-0.3, -0.25) is 9.10 Å². The monoisotopic (exact) mass is 388 g/mol. The molecule has 25 heavy (non-hydrogen) atoms. The summed E-state index contributed by atoms with van der Waals surface area (Å²) in [5.74, 6) is -2.52. The van der Waals surface area contributed by atoms with Crippen molar-refractivity contribution in [3.63, 3.8) is 0 Å². The number of nitrogens with zero attached hydrogens (tertiary/aromatic N) is 1. The van der Waals surface area contributed by atoms with Crippen molar-refractivity contribution < 1.29 is 22.0 Å². The molecule has 0 radical (unpaired) electrons. The Kier molecular flexibility index (Phi) is 5.64. The quantitative estimate of drug-likeness (QED) is 0.853. The number of hydrogen-bond donors (Lipinski definition) is 1. The molecule has 0 heterocycles. The number of anilines is 2. The molecular weight excluding hydrogens is 374 g/mol. The van der Waals surface area contributed by atoms with Gasteiger partial charge in [-0.1, -0.05) is 11.6 Å². The van der Waals surface area contributed by atoms with Gasteiger partial charge in [-0.25, -0.2) is 17.2 Å². The molecule has 0 saturated carbocycles. The predicted octanol–water partition coefficient (Wildman–Crippen LogP) is 3.41. The van der Waals surface area contributed by atoms with Gasteiger partial charge in [0.2, 0.25) is 15.9 Å². The van der Waals surface area contributed by atoms with E-state index in [2.05, 4.69) is 5.32 Å². The second-order valence-electron chi connectivity index (χ2n) is 5.32. The summed E-state index contributed by atoms with van der Waals surface area (Å²) in [5, 5.41) is 2.66. The fourth-order valence-electron chi connectivity index (χ4n) is 2.22. The average Bonchev–Trinajstić information content (AvgIpc) is 2.50. The Morgan fingerprint density at radius 1 is 1.16 bits per heavy atom. The van der Waals surface area contributed by atoms with Crippen LogP contribution in [0.1, 0.15) is 6.92 Å². The molecule has 134 valence electrons. The van der Waals surface area contributed by atoms with Crippen molar-refractivity contribution in [3.8, 4) is 0 Å². The lowest BCUT2D eigenvalue weighted by molar-refractivity contribution is -0.116. The van der Waals surface area contributed by atoms with E-state index in [9.17, 15) is 22.0 Å². The van der Waals surface area contributed by atoms with Crippen molar-refractivity contribution in [2.75, 3.05) is 15.9 Å². The third-order valence-electron chi connectivity index (χ3n) is 3.36. The van der Waals surface area contributed by atoms with Crippen molar-refractivity contribution in [1.29, 1.82) is 0 Å². The van der Waals surface area contributed by atoms with Crippen LogP contribution in [0.15, 0.2) is 42.5 Å². The number of sulfonamides is 1. The molecule has 0 fully saturated rings. The van der Waals surface area contributed by atoms with E-state index in [1.54, 1.807) is 0 Å². The second-order valence-corrected chi connectivity index (χ2v) is 7.62. The Hall–Kier alpha value is -2.19. The summed E-state index contributed by atoms with van der Waals surface area (Å²) < 4.78 is 51.7. The van der Waals surface area contributed by atoms with Crippen molar-refractivity contribution in [3.05, 3.63) is 59.1 Å². The van der Waals surface area contributed by atoms with E-state index >= 15 is 0 Å². The van der Waals surface area contributed by atoms with Crippen molar-refractivity contribution >= 4 is 38.9 Å². The van der Waals surface area contributed by atoms with Crippen molar-refractivity contribution in [2.24, 2.45) is 0 Å². The smallest absolute Gasteiger partial charge is 0.248 e. The Morgan fingerprint density at radius 3 is 2.28 bits per heavy atom. The molecular formula is C16H15ClF2N2O3S. The van der Waals surface area contributed by atoms with Crippen LogP contribution in [0.2, 0.25) is 5.02 Å². The van der Waals surface area contributed by atoms with Crippen LogP contribution in [0, 0.1) is 11.6 Å². The summed E-state index contributed by atoms with van der Waals surface area (Å²) in [5.41, 5.74) is -0.0167. The highest BCUT2D eigenvalue weighted by Gasteiger charge is 2.29. The summed E-state index contributed by atoms with van der Waals surface area (Å²) in [6.07, 6.45) is 0.948. The minimum atomic E-state index is -3.81. The van der Waals surface area contributed by atoms with E-state index in [-0.39, 0.29) is 11.4 Å². The SMILES string of the molecule is C[C@@H](C(=O)Nc1ccc(F)cc1F)N(c1ccc(Cl)cc1)S(C)(=O)=O. The van der Waals surface area contributed by atoms with E-state index in [1.165, 1.54) is 31.2 Å². The molecule has 1 atom stereocenters. The molecule has 0 aliphatic carbocycles. The maximum Gasteiger partial charge on any atom is 0.248 e. The van der Waals surface area contributed by atoms with Gasteiger partial charge < -0.3 is 5.32 Å². The summed E-state index contributed by atoms with van der Waals surface area (Å²) >= 11 is 5.79. The lowest BCUT2D eigenvalue weighted by atomic mass is 10.2. The molecule has 1 N–H and O–H groups in total.